The highest BCUT2D eigenvalue weighted by molar-refractivity contribution is 7.89. The molecule has 8 nitrogen and oxygen atoms in total. The van der Waals surface area contributed by atoms with Gasteiger partial charge in [0.15, 0.2) is 0 Å². The molecular weight excluding hydrogens is 418 g/mol. The van der Waals surface area contributed by atoms with Crippen LogP contribution in [0, 0.1) is 5.92 Å². The Morgan fingerprint density at radius 1 is 1.38 bits per heavy atom. The monoisotopic (exact) mass is 445 g/mol. The van der Waals surface area contributed by atoms with Crippen LogP contribution in [0.25, 0.3) is 0 Å². The minimum absolute atomic E-state index is 0.0770. The van der Waals surface area contributed by atoms with Crippen molar-refractivity contribution in [2.75, 3.05) is 44.9 Å². The number of hydrogen-bond donors (Lipinski definition) is 1. The summed E-state index contributed by atoms with van der Waals surface area (Å²) in [5.74, 6) is -0.551. The van der Waals surface area contributed by atoms with E-state index in [1.807, 2.05) is 6.92 Å². The summed E-state index contributed by atoms with van der Waals surface area (Å²) in [6.07, 6.45) is 1.76. The molecule has 2 amide bonds. The first-order valence-electron chi connectivity index (χ1n) is 9.54. The number of hydrogen-bond acceptors (Lipinski definition) is 5. The predicted octanol–water partition coefficient (Wildman–Crippen LogP) is 2.20. The number of nitrogens with zero attached hydrogens (tertiary/aromatic N) is 2. The van der Waals surface area contributed by atoms with Crippen molar-refractivity contribution in [3.8, 4) is 5.75 Å². The largest absolute Gasteiger partial charge is 0.495 e. The summed E-state index contributed by atoms with van der Waals surface area (Å²) in [5.41, 5.74) is 0.417. The number of nitrogens with one attached hydrogen (secondary N) is 1. The molecule has 0 spiro atoms. The van der Waals surface area contributed by atoms with Gasteiger partial charge in [0.1, 0.15) is 5.75 Å². The van der Waals surface area contributed by atoms with Crippen LogP contribution in [0.4, 0.5) is 5.69 Å². The maximum Gasteiger partial charge on any atom is 0.244 e. The van der Waals surface area contributed by atoms with E-state index in [-0.39, 0.29) is 24.7 Å². The molecule has 1 fully saturated rings. The molecule has 1 aromatic rings. The number of sulfonamides is 1. The summed E-state index contributed by atoms with van der Waals surface area (Å²) in [6.45, 7) is 2.25. The van der Waals surface area contributed by atoms with Crippen LogP contribution in [0.1, 0.15) is 26.2 Å². The van der Waals surface area contributed by atoms with Gasteiger partial charge in [0.2, 0.25) is 21.8 Å². The predicted molar refractivity (Wildman–Crippen MR) is 113 cm³/mol. The SMILES string of the molecule is CCCS(=O)(=O)N1CCCC(C(=O)N(C)CC(=O)Nc2cc(Cl)ccc2OC)C1. The Morgan fingerprint density at radius 2 is 2.10 bits per heavy atom. The van der Waals surface area contributed by atoms with Gasteiger partial charge in [-0.05, 0) is 37.5 Å². The van der Waals surface area contributed by atoms with Crippen LogP contribution in [-0.4, -0.2) is 69.0 Å². The molecule has 1 aliphatic rings. The molecule has 0 saturated carbocycles. The Bertz CT molecular complexity index is 846. The van der Waals surface area contributed by atoms with E-state index < -0.39 is 21.8 Å². The van der Waals surface area contributed by atoms with Crippen molar-refractivity contribution in [2.24, 2.45) is 5.92 Å². The fraction of sp³-hybridized carbons (Fsp3) is 0.579. The quantitative estimate of drug-likeness (QED) is 0.661. The van der Waals surface area contributed by atoms with E-state index in [4.69, 9.17) is 16.3 Å². The molecule has 0 radical (unpaired) electrons. The molecule has 162 valence electrons. The van der Waals surface area contributed by atoms with Crippen molar-refractivity contribution in [3.05, 3.63) is 23.2 Å². The number of ether oxygens (including phenoxy) is 1. The van der Waals surface area contributed by atoms with Crippen LogP contribution in [-0.2, 0) is 19.6 Å². The molecule has 1 unspecified atom stereocenters. The van der Waals surface area contributed by atoms with Crippen LogP contribution < -0.4 is 10.1 Å². The summed E-state index contributed by atoms with van der Waals surface area (Å²) in [6, 6.07) is 4.85. The molecule has 1 heterocycles. The molecule has 1 N–H and O–H groups in total. The Balaban J connectivity index is 1.98. The van der Waals surface area contributed by atoms with Crippen LogP contribution in [0.5, 0.6) is 5.75 Å². The number of carbonyl (C=O) groups is 2. The number of amides is 2. The van der Waals surface area contributed by atoms with E-state index in [0.717, 1.165) is 0 Å². The van der Waals surface area contributed by atoms with Gasteiger partial charge < -0.3 is 15.0 Å². The number of carbonyl (C=O) groups excluding carboxylic acids is 2. The molecule has 1 saturated heterocycles. The molecule has 1 aliphatic heterocycles. The van der Waals surface area contributed by atoms with Gasteiger partial charge in [-0.3, -0.25) is 9.59 Å². The van der Waals surface area contributed by atoms with Gasteiger partial charge in [-0.25, -0.2) is 12.7 Å². The molecule has 2 rings (SSSR count). The highest BCUT2D eigenvalue weighted by Crippen LogP contribution is 2.27. The average Bonchev–Trinajstić information content (AvgIpc) is 2.67. The normalized spacial score (nSPS) is 17.6. The molecule has 0 aliphatic carbocycles. The fourth-order valence-electron chi connectivity index (χ4n) is 3.36. The lowest BCUT2D eigenvalue weighted by molar-refractivity contribution is -0.138. The first kappa shape index (κ1) is 23.4. The third-order valence-electron chi connectivity index (χ3n) is 4.78. The maximum atomic E-state index is 12.8. The second kappa shape index (κ2) is 10.3. The van der Waals surface area contributed by atoms with Gasteiger partial charge >= 0.3 is 0 Å². The zero-order chi connectivity index (χ0) is 21.6. The van der Waals surface area contributed by atoms with Gasteiger partial charge in [0.05, 0.1) is 31.0 Å². The average molecular weight is 446 g/mol. The van der Waals surface area contributed by atoms with E-state index in [0.29, 0.717) is 42.3 Å². The molecular formula is C19H28ClN3O5S. The van der Waals surface area contributed by atoms with Crippen molar-refractivity contribution in [3.63, 3.8) is 0 Å². The van der Waals surface area contributed by atoms with Gasteiger partial charge in [-0.2, -0.15) is 0 Å². The molecule has 29 heavy (non-hydrogen) atoms. The fourth-order valence-corrected chi connectivity index (χ4v) is 5.12. The highest BCUT2D eigenvalue weighted by atomic mass is 35.5. The van der Waals surface area contributed by atoms with E-state index in [1.54, 1.807) is 18.2 Å². The van der Waals surface area contributed by atoms with Gasteiger partial charge in [0, 0.05) is 25.2 Å². The van der Waals surface area contributed by atoms with Crippen molar-refractivity contribution >= 4 is 39.1 Å². The molecule has 10 heteroatoms. The summed E-state index contributed by atoms with van der Waals surface area (Å²) >= 11 is 5.96. The summed E-state index contributed by atoms with van der Waals surface area (Å²) in [7, 11) is -0.324. The minimum Gasteiger partial charge on any atom is -0.495 e. The van der Waals surface area contributed by atoms with Crippen LogP contribution in [0.3, 0.4) is 0 Å². The maximum absolute atomic E-state index is 12.8. The van der Waals surface area contributed by atoms with Gasteiger partial charge in [-0.15, -0.1) is 0 Å². The number of methoxy groups -OCH3 is 1. The summed E-state index contributed by atoms with van der Waals surface area (Å²) in [4.78, 5) is 26.5. The number of halogens is 1. The van der Waals surface area contributed by atoms with Crippen LogP contribution in [0.2, 0.25) is 5.02 Å². The third-order valence-corrected chi connectivity index (χ3v) is 7.06. The van der Waals surface area contributed by atoms with Crippen molar-refractivity contribution < 1.29 is 22.7 Å². The molecule has 0 bridgehead atoms. The minimum atomic E-state index is -3.34. The van der Waals surface area contributed by atoms with E-state index in [1.165, 1.54) is 23.4 Å². The lowest BCUT2D eigenvalue weighted by atomic mass is 9.98. The number of likely N-dealkylation sites (N-methyl/N-ethyl adjacent to an activating group) is 1. The smallest absolute Gasteiger partial charge is 0.244 e. The van der Waals surface area contributed by atoms with E-state index in [2.05, 4.69) is 5.32 Å². The summed E-state index contributed by atoms with van der Waals surface area (Å²) < 4.78 is 31.2. The topological polar surface area (TPSA) is 96.0 Å². The zero-order valence-corrected chi connectivity index (χ0v) is 18.6. The van der Waals surface area contributed by atoms with Crippen molar-refractivity contribution in [1.29, 1.82) is 0 Å². The Hall–Kier alpha value is -1.84. The second-order valence-electron chi connectivity index (χ2n) is 7.10. The lowest BCUT2D eigenvalue weighted by Gasteiger charge is -2.33. The first-order valence-corrected chi connectivity index (χ1v) is 11.5. The number of anilines is 1. The highest BCUT2D eigenvalue weighted by Gasteiger charge is 2.33. The lowest BCUT2D eigenvalue weighted by Crippen LogP contribution is -2.47. The van der Waals surface area contributed by atoms with Crippen molar-refractivity contribution in [2.45, 2.75) is 26.2 Å². The van der Waals surface area contributed by atoms with Crippen LogP contribution >= 0.6 is 11.6 Å². The van der Waals surface area contributed by atoms with Crippen LogP contribution in [0.15, 0.2) is 18.2 Å². The Labute approximate surface area is 177 Å². The van der Waals surface area contributed by atoms with Gasteiger partial charge in [0.25, 0.3) is 0 Å². The number of rotatable bonds is 8. The van der Waals surface area contributed by atoms with E-state index >= 15 is 0 Å². The molecule has 1 aromatic carbocycles. The molecule has 1 atom stereocenters. The van der Waals surface area contributed by atoms with Crippen molar-refractivity contribution in [1.82, 2.24) is 9.21 Å². The standard InChI is InChI=1S/C19H28ClN3O5S/c1-4-10-29(26,27)23-9-5-6-14(12-23)19(25)22(2)13-18(24)21-16-11-15(20)7-8-17(16)28-3/h7-8,11,14H,4-6,9-10,12-13H2,1-3H3,(H,21,24). The molecule has 0 aromatic heterocycles. The zero-order valence-electron chi connectivity index (χ0n) is 17.0. The van der Waals surface area contributed by atoms with Gasteiger partial charge in [-0.1, -0.05) is 18.5 Å². The Morgan fingerprint density at radius 3 is 2.76 bits per heavy atom. The Kier molecular flexibility index (Phi) is 8.30. The second-order valence-corrected chi connectivity index (χ2v) is 9.63. The number of benzene rings is 1. The number of piperidine rings is 1. The van der Waals surface area contributed by atoms with E-state index in [9.17, 15) is 18.0 Å². The third kappa shape index (κ3) is 6.32. The first-order chi connectivity index (χ1) is 13.7. The summed E-state index contributed by atoms with van der Waals surface area (Å²) in [5, 5.41) is 3.14.